The Hall–Kier alpha value is -3.12. The summed E-state index contributed by atoms with van der Waals surface area (Å²) in [5, 5.41) is 0. The highest BCUT2D eigenvalue weighted by molar-refractivity contribution is 9.10. The van der Waals surface area contributed by atoms with Gasteiger partial charge in [-0.15, -0.1) is 0 Å². The lowest BCUT2D eigenvalue weighted by atomic mass is 10.0. The lowest BCUT2D eigenvalue weighted by Crippen LogP contribution is -2.41. The number of hydrogen-bond donors (Lipinski definition) is 2. The second-order valence-electron chi connectivity index (χ2n) is 7.53. The maximum absolute atomic E-state index is 12.4. The SMILES string of the molecule is CC(C)CCOc1ccc(C(=O)NNC(=O)c2ccc(-c3ccccc3)cc2)cc1Br. The molecule has 160 valence electrons. The molecule has 3 rings (SSSR count). The van der Waals surface area contributed by atoms with E-state index in [1.165, 1.54) is 0 Å². The second kappa shape index (κ2) is 10.8. The van der Waals surface area contributed by atoms with Crippen LogP contribution in [0.5, 0.6) is 5.75 Å². The third-order valence-electron chi connectivity index (χ3n) is 4.69. The number of hydrazine groups is 1. The molecule has 5 nitrogen and oxygen atoms in total. The Balaban J connectivity index is 1.55. The Morgan fingerprint density at radius 2 is 1.42 bits per heavy atom. The summed E-state index contributed by atoms with van der Waals surface area (Å²) < 4.78 is 6.42. The highest BCUT2D eigenvalue weighted by atomic mass is 79.9. The molecular weight excluding hydrogens is 456 g/mol. The highest BCUT2D eigenvalue weighted by Gasteiger charge is 2.12. The Morgan fingerprint density at radius 3 is 2.03 bits per heavy atom. The topological polar surface area (TPSA) is 67.4 Å². The predicted octanol–water partition coefficient (Wildman–Crippen LogP) is 5.62. The fourth-order valence-electron chi connectivity index (χ4n) is 2.87. The van der Waals surface area contributed by atoms with Crippen LogP contribution in [0.15, 0.2) is 77.3 Å². The van der Waals surface area contributed by atoms with Crippen LogP contribution in [0.25, 0.3) is 11.1 Å². The van der Waals surface area contributed by atoms with Gasteiger partial charge in [0.1, 0.15) is 5.75 Å². The van der Waals surface area contributed by atoms with E-state index in [0.717, 1.165) is 17.5 Å². The van der Waals surface area contributed by atoms with Gasteiger partial charge in [-0.3, -0.25) is 20.4 Å². The van der Waals surface area contributed by atoms with E-state index in [4.69, 9.17) is 4.74 Å². The lowest BCUT2D eigenvalue weighted by molar-refractivity contribution is 0.0846. The van der Waals surface area contributed by atoms with Crippen LogP contribution < -0.4 is 15.6 Å². The minimum Gasteiger partial charge on any atom is -0.492 e. The van der Waals surface area contributed by atoms with Crippen molar-refractivity contribution in [3.63, 3.8) is 0 Å². The zero-order valence-electron chi connectivity index (χ0n) is 17.5. The first-order chi connectivity index (χ1) is 14.9. The predicted molar refractivity (Wildman–Crippen MR) is 126 cm³/mol. The number of nitrogens with one attached hydrogen (secondary N) is 2. The monoisotopic (exact) mass is 480 g/mol. The average molecular weight is 481 g/mol. The van der Waals surface area contributed by atoms with Gasteiger partial charge in [0.2, 0.25) is 0 Å². The van der Waals surface area contributed by atoms with Crippen molar-refractivity contribution in [1.82, 2.24) is 10.9 Å². The standard InChI is InChI=1S/C25H25BrN2O3/c1-17(2)14-15-31-23-13-12-21(16-22(23)26)25(30)28-27-24(29)20-10-8-19(9-11-20)18-6-4-3-5-7-18/h3-13,16-17H,14-15H2,1-2H3,(H,27,29)(H,28,30). The Labute approximate surface area is 190 Å². The van der Waals surface area contributed by atoms with Crippen LogP contribution in [0.4, 0.5) is 0 Å². The zero-order valence-corrected chi connectivity index (χ0v) is 19.1. The molecule has 0 spiro atoms. The van der Waals surface area contributed by atoms with Gasteiger partial charge >= 0.3 is 0 Å². The maximum atomic E-state index is 12.4. The first kappa shape index (κ1) is 22.6. The second-order valence-corrected chi connectivity index (χ2v) is 8.38. The van der Waals surface area contributed by atoms with Crippen LogP contribution in [-0.2, 0) is 0 Å². The van der Waals surface area contributed by atoms with Gasteiger partial charge in [-0.05, 0) is 69.7 Å². The van der Waals surface area contributed by atoms with Crippen molar-refractivity contribution in [3.05, 3.63) is 88.4 Å². The molecule has 0 heterocycles. The molecule has 31 heavy (non-hydrogen) atoms. The average Bonchev–Trinajstić information content (AvgIpc) is 2.78. The summed E-state index contributed by atoms with van der Waals surface area (Å²) in [4.78, 5) is 24.8. The van der Waals surface area contributed by atoms with Crippen LogP contribution in [0.2, 0.25) is 0 Å². The van der Waals surface area contributed by atoms with Crippen LogP contribution in [0, 0.1) is 5.92 Å². The van der Waals surface area contributed by atoms with E-state index in [9.17, 15) is 9.59 Å². The number of benzene rings is 3. The van der Waals surface area contributed by atoms with E-state index < -0.39 is 5.91 Å². The summed E-state index contributed by atoms with van der Waals surface area (Å²) in [6, 6.07) is 22.2. The molecule has 2 amide bonds. The van der Waals surface area contributed by atoms with Crippen LogP contribution in [0.3, 0.4) is 0 Å². The van der Waals surface area contributed by atoms with E-state index in [0.29, 0.717) is 33.9 Å². The first-order valence-electron chi connectivity index (χ1n) is 10.1. The van der Waals surface area contributed by atoms with Crippen LogP contribution in [-0.4, -0.2) is 18.4 Å². The molecule has 0 bridgehead atoms. The molecule has 0 atom stereocenters. The summed E-state index contributed by atoms with van der Waals surface area (Å²) in [6.45, 7) is 4.89. The molecule has 0 aliphatic rings. The van der Waals surface area contributed by atoms with Crippen LogP contribution in [0.1, 0.15) is 41.0 Å². The molecule has 3 aromatic rings. The summed E-state index contributed by atoms with van der Waals surface area (Å²) in [5.74, 6) is 0.436. The molecule has 0 saturated heterocycles. The van der Waals surface area contributed by atoms with Gasteiger partial charge in [-0.1, -0.05) is 56.3 Å². The molecule has 0 unspecified atom stereocenters. The highest BCUT2D eigenvalue weighted by Crippen LogP contribution is 2.26. The van der Waals surface area contributed by atoms with Gasteiger partial charge < -0.3 is 4.74 Å². The quantitative estimate of drug-likeness (QED) is 0.431. The van der Waals surface area contributed by atoms with E-state index >= 15 is 0 Å². The van der Waals surface area contributed by atoms with Gasteiger partial charge in [0, 0.05) is 11.1 Å². The van der Waals surface area contributed by atoms with Gasteiger partial charge in [-0.2, -0.15) is 0 Å². The fraction of sp³-hybridized carbons (Fsp3) is 0.200. The number of halogens is 1. The normalized spacial score (nSPS) is 10.6. The Morgan fingerprint density at radius 1 is 0.839 bits per heavy atom. The first-order valence-corrected chi connectivity index (χ1v) is 10.9. The number of carbonyl (C=O) groups excluding carboxylic acids is 2. The molecule has 0 fully saturated rings. The molecule has 0 aliphatic heterocycles. The molecule has 0 saturated carbocycles. The zero-order chi connectivity index (χ0) is 22.2. The van der Waals surface area contributed by atoms with Gasteiger partial charge in [0.25, 0.3) is 11.8 Å². The molecule has 0 radical (unpaired) electrons. The smallest absolute Gasteiger partial charge is 0.269 e. The Kier molecular flexibility index (Phi) is 7.84. The molecule has 0 aromatic heterocycles. The van der Waals surface area contributed by atoms with Crippen molar-refractivity contribution in [3.8, 4) is 16.9 Å². The molecular formula is C25H25BrN2O3. The van der Waals surface area contributed by atoms with Gasteiger partial charge in [0.05, 0.1) is 11.1 Å². The maximum Gasteiger partial charge on any atom is 0.269 e. The van der Waals surface area contributed by atoms with Crippen molar-refractivity contribution in [2.45, 2.75) is 20.3 Å². The minimum atomic E-state index is -0.413. The van der Waals surface area contributed by atoms with E-state index in [1.807, 2.05) is 42.5 Å². The van der Waals surface area contributed by atoms with Crippen molar-refractivity contribution < 1.29 is 14.3 Å². The summed E-state index contributed by atoms with van der Waals surface area (Å²) >= 11 is 3.43. The molecule has 6 heteroatoms. The lowest BCUT2D eigenvalue weighted by Gasteiger charge is -2.12. The van der Waals surface area contributed by atoms with Crippen molar-refractivity contribution in [2.24, 2.45) is 5.92 Å². The molecule has 2 N–H and O–H groups in total. The third kappa shape index (κ3) is 6.43. The van der Waals surface area contributed by atoms with Crippen molar-refractivity contribution in [1.29, 1.82) is 0 Å². The van der Waals surface area contributed by atoms with Crippen LogP contribution >= 0.6 is 15.9 Å². The number of hydrogen-bond acceptors (Lipinski definition) is 3. The van der Waals surface area contributed by atoms with E-state index in [1.54, 1.807) is 30.3 Å². The summed E-state index contributed by atoms with van der Waals surface area (Å²) in [6.07, 6.45) is 0.951. The van der Waals surface area contributed by atoms with E-state index in [2.05, 4.69) is 40.6 Å². The van der Waals surface area contributed by atoms with Gasteiger partial charge in [-0.25, -0.2) is 0 Å². The molecule has 0 aliphatic carbocycles. The number of ether oxygens (including phenoxy) is 1. The molecule has 3 aromatic carbocycles. The third-order valence-corrected chi connectivity index (χ3v) is 5.31. The largest absolute Gasteiger partial charge is 0.492 e. The Bertz CT molecular complexity index is 1030. The number of carbonyl (C=O) groups is 2. The number of amides is 2. The van der Waals surface area contributed by atoms with Crippen molar-refractivity contribution >= 4 is 27.7 Å². The fourth-order valence-corrected chi connectivity index (χ4v) is 3.36. The van der Waals surface area contributed by atoms with Crippen molar-refractivity contribution in [2.75, 3.05) is 6.61 Å². The van der Waals surface area contributed by atoms with E-state index in [-0.39, 0.29) is 5.91 Å². The minimum absolute atomic E-state index is 0.388. The van der Waals surface area contributed by atoms with Gasteiger partial charge in [0.15, 0.2) is 0 Å². The number of rotatable bonds is 7. The summed E-state index contributed by atoms with van der Waals surface area (Å²) in [5.41, 5.74) is 7.85. The summed E-state index contributed by atoms with van der Waals surface area (Å²) in [7, 11) is 0.